The molecule has 1 unspecified atom stereocenters. The van der Waals surface area contributed by atoms with Crippen molar-refractivity contribution in [1.82, 2.24) is 19.4 Å². The third-order valence-electron chi connectivity index (χ3n) is 6.20. The number of aromatic amines is 2. The second kappa shape index (κ2) is 7.83. The van der Waals surface area contributed by atoms with Gasteiger partial charge in [0.25, 0.3) is 5.56 Å². The van der Waals surface area contributed by atoms with E-state index < -0.39 is 0 Å². The van der Waals surface area contributed by atoms with Gasteiger partial charge in [0.05, 0.1) is 12.6 Å². The molecular weight excluding hydrogens is 408 g/mol. The highest BCUT2D eigenvalue weighted by Gasteiger charge is 2.35. The van der Waals surface area contributed by atoms with Gasteiger partial charge < -0.3 is 10.1 Å². The molecule has 0 radical (unpaired) electrons. The molecule has 3 heterocycles. The summed E-state index contributed by atoms with van der Waals surface area (Å²) >= 11 is 5.40. The number of likely N-dealkylation sites (N-methyl/N-ethyl adjacent to an activating group) is 1. The Labute approximate surface area is 184 Å². The van der Waals surface area contributed by atoms with E-state index in [-0.39, 0.29) is 22.3 Å². The number of para-hydroxylation sites is 1. The van der Waals surface area contributed by atoms with Gasteiger partial charge in [-0.05, 0) is 42.4 Å². The SMILES string of the molecule is CCN1CCc2c([nH]c3ccccc23)C1c1c(O)n(Cc2ccccc2)c(=S)[nH]c1=O. The summed E-state index contributed by atoms with van der Waals surface area (Å²) in [5, 5.41) is 12.5. The van der Waals surface area contributed by atoms with E-state index in [2.05, 4.69) is 27.9 Å². The van der Waals surface area contributed by atoms with E-state index in [1.807, 2.05) is 48.5 Å². The average Bonchev–Trinajstić information content (AvgIpc) is 3.16. The van der Waals surface area contributed by atoms with Crippen molar-refractivity contribution in [3.05, 3.63) is 92.1 Å². The molecule has 0 aliphatic carbocycles. The normalized spacial score (nSPS) is 16.5. The van der Waals surface area contributed by atoms with Crippen LogP contribution in [0.3, 0.4) is 0 Å². The first-order valence-corrected chi connectivity index (χ1v) is 10.9. The minimum absolute atomic E-state index is 0.0763. The van der Waals surface area contributed by atoms with Crippen molar-refractivity contribution < 1.29 is 5.11 Å². The summed E-state index contributed by atoms with van der Waals surface area (Å²) in [5.74, 6) is -0.0763. The van der Waals surface area contributed by atoms with Crippen LogP contribution in [0.4, 0.5) is 0 Å². The number of aromatic nitrogens is 3. The molecule has 1 aliphatic heterocycles. The Morgan fingerprint density at radius 3 is 2.61 bits per heavy atom. The largest absolute Gasteiger partial charge is 0.494 e. The van der Waals surface area contributed by atoms with Crippen LogP contribution in [0.1, 0.15) is 35.3 Å². The lowest BCUT2D eigenvalue weighted by Gasteiger charge is -2.35. The van der Waals surface area contributed by atoms with Gasteiger partial charge in [-0.25, -0.2) is 0 Å². The summed E-state index contributed by atoms with van der Waals surface area (Å²) in [7, 11) is 0. The Bertz CT molecular complexity index is 1370. The first kappa shape index (κ1) is 19.8. The van der Waals surface area contributed by atoms with Crippen LogP contribution in [-0.4, -0.2) is 37.6 Å². The predicted molar refractivity (Wildman–Crippen MR) is 124 cm³/mol. The van der Waals surface area contributed by atoms with Gasteiger partial charge in [0.15, 0.2) is 4.77 Å². The van der Waals surface area contributed by atoms with Gasteiger partial charge in [0.1, 0.15) is 5.56 Å². The van der Waals surface area contributed by atoms with Gasteiger partial charge in [0, 0.05) is 23.1 Å². The zero-order valence-electron chi connectivity index (χ0n) is 17.3. The van der Waals surface area contributed by atoms with Crippen LogP contribution in [-0.2, 0) is 13.0 Å². The first-order valence-electron chi connectivity index (χ1n) is 10.5. The molecule has 6 nitrogen and oxygen atoms in total. The monoisotopic (exact) mass is 432 g/mol. The summed E-state index contributed by atoms with van der Waals surface area (Å²) in [6, 6.07) is 17.6. The van der Waals surface area contributed by atoms with E-state index in [4.69, 9.17) is 12.2 Å². The number of nitrogens with one attached hydrogen (secondary N) is 2. The highest BCUT2D eigenvalue weighted by atomic mass is 32.1. The Morgan fingerprint density at radius 2 is 1.84 bits per heavy atom. The summed E-state index contributed by atoms with van der Waals surface area (Å²) in [5.41, 5.74) is 4.21. The number of hydrogen-bond acceptors (Lipinski definition) is 4. The molecule has 5 rings (SSSR count). The van der Waals surface area contributed by atoms with Crippen molar-refractivity contribution in [1.29, 1.82) is 0 Å². The fraction of sp³-hybridized carbons (Fsp3) is 0.250. The van der Waals surface area contributed by atoms with Crippen LogP contribution < -0.4 is 5.56 Å². The molecule has 0 fully saturated rings. The van der Waals surface area contributed by atoms with E-state index in [1.165, 1.54) is 10.9 Å². The highest BCUT2D eigenvalue weighted by molar-refractivity contribution is 7.71. The van der Waals surface area contributed by atoms with Crippen molar-refractivity contribution >= 4 is 23.1 Å². The summed E-state index contributed by atoms with van der Waals surface area (Å²) in [4.78, 5) is 21.7. The number of fused-ring (bicyclic) bond motifs is 3. The van der Waals surface area contributed by atoms with Gasteiger partial charge >= 0.3 is 0 Å². The van der Waals surface area contributed by atoms with E-state index >= 15 is 0 Å². The number of H-pyrrole nitrogens is 2. The minimum Gasteiger partial charge on any atom is -0.494 e. The quantitative estimate of drug-likeness (QED) is 0.424. The molecule has 158 valence electrons. The maximum atomic E-state index is 13.1. The maximum absolute atomic E-state index is 13.1. The Balaban J connectivity index is 1.71. The molecule has 0 amide bonds. The minimum atomic E-state index is -0.373. The first-order chi connectivity index (χ1) is 15.1. The van der Waals surface area contributed by atoms with E-state index in [0.717, 1.165) is 36.3 Å². The van der Waals surface area contributed by atoms with Crippen molar-refractivity contribution in [2.24, 2.45) is 0 Å². The number of rotatable bonds is 4. The molecule has 1 aliphatic rings. The van der Waals surface area contributed by atoms with Crippen LogP contribution in [0, 0.1) is 4.77 Å². The molecule has 4 aromatic rings. The molecule has 3 N–H and O–H groups in total. The molecular formula is C24H24N4O2S. The topological polar surface area (TPSA) is 77.1 Å². The molecule has 2 aromatic carbocycles. The third kappa shape index (κ3) is 3.30. The van der Waals surface area contributed by atoms with E-state index in [1.54, 1.807) is 4.57 Å². The summed E-state index contributed by atoms with van der Waals surface area (Å²) in [6.45, 7) is 4.02. The number of hydrogen-bond donors (Lipinski definition) is 3. The Hall–Kier alpha value is -3.16. The molecule has 0 saturated heterocycles. The number of benzene rings is 2. The maximum Gasteiger partial charge on any atom is 0.260 e. The van der Waals surface area contributed by atoms with Crippen molar-refractivity contribution in [2.45, 2.75) is 25.9 Å². The fourth-order valence-corrected chi connectivity index (χ4v) is 4.94. The van der Waals surface area contributed by atoms with Crippen LogP contribution in [0.2, 0.25) is 0 Å². The van der Waals surface area contributed by atoms with Gasteiger partial charge in [0.2, 0.25) is 5.88 Å². The summed E-state index contributed by atoms with van der Waals surface area (Å²) in [6.07, 6.45) is 0.894. The molecule has 2 aromatic heterocycles. The Kier molecular flexibility index (Phi) is 5.00. The van der Waals surface area contributed by atoms with Gasteiger partial charge in [-0.1, -0.05) is 55.5 Å². The lowest BCUT2D eigenvalue weighted by atomic mass is 9.93. The second-order valence-electron chi connectivity index (χ2n) is 7.91. The predicted octanol–water partition coefficient (Wildman–Crippen LogP) is 4.11. The average molecular weight is 433 g/mol. The molecule has 0 spiro atoms. The van der Waals surface area contributed by atoms with Gasteiger partial charge in [-0.2, -0.15) is 0 Å². The lowest BCUT2D eigenvalue weighted by Crippen LogP contribution is -2.39. The van der Waals surface area contributed by atoms with Gasteiger partial charge in [-0.15, -0.1) is 0 Å². The highest BCUT2D eigenvalue weighted by Crippen LogP contribution is 2.39. The van der Waals surface area contributed by atoms with Crippen molar-refractivity contribution in [3.8, 4) is 5.88 Å². The van der Waals surface area contributed by atoms with Crippen molar-refractivity contribution in [3.63, 3.8) is 0 Å². The smallest absolute Gasteiger partial charge is 0.260 e. The number of nitrogens with zero attached hydrogens (tertiary/aromatic N) is 2. The van der Waals surface area contributed by atoms with Crippen LogP contribution in [0.25, 0.3) is 10.9 Å². The standard InChI is InChI=1S/C24H24N4O2S/c1-2-27-13-12-17-16-10-6-7-11-18(16)25-20(17)21(27)19-22(29)26-24(31)28(23(19)30)14-15-8-4-3-5-9-15/h3-11,21,25,30H,2,12-14H2,1H3,(H,26,29,31). The van der Waals surface area contributed by atoms with Crippen molar-refractivity contribution in [2.75, 3.05) is 13.1 Å². The molecule has 0 saturated carbocycles. The molecule has 31 heavy (non-hydrogen) atoms. The fourth-order valence-electron chi connectivity index (χ4n) is 4.69. The van der Waals surface area contributed by atoms with E-state index in [9.17, 15) is 9.90 Å². The summed E-state index contributed by atoms with van der Waals surface area (Å²) < 4.78 is 1.82. The lowest BCUT2D eigenvalue weighted by molar-refractivity contribution is 0.214. The Morgan fingerprint density at radius 1 is 1.10 bits per heavy atom. The third-order valence-corrected chi connectivity index (χ3v) is 6.53. The van der Waals surface area contributed by atoms with Gasteiger partial charge in [-0.3, -0.25) is 19.2 Å². The van der Waals surface area contributed by atoms with Crippen LogP contribution >= 0.6 is 12.2 Å². The second-order valence-corrected chi connectivity index (χ2v) is 8.30. The van der Waals surface area contributed by atoms with Crippen LogP contribution in [0.15, 0.2) is 59.4 Å². The van der Waals surface area contributed by atoms with Crippen LogP contribution in [0.5, 0.6) is 5.88 Å². The molecule has 7 heteroatoms. The zero-order chi connectivity index (χ0) is 21.5. The zero-order valence-corrected chi connectivity index (χ0v) is 18.1. The molecule has 0 bridgehead atoms. The van der Waals surface area contributed by atoms with E-state index in [0.29, 0.717) is 12.1 Å². The number of aromatic hydroxyl groups is 1. The molecule has 1 atom stereocenters.